The molecule has 232 valence electrons. The van der Waals surface area contributed by atoms with Gasteiger partial charge in [0.1, 0.15) is 11.7 Å². The van der Waals surface area contributed by atoms with Crippen LogP contribution in [-0.4, -0.2) is 65.8 Å². The van der Waals surface area contributed by atoms with E-state index in [4.69, 9.17) is 4.74 Å². The van der Waals surface area contributed by atoms with Crippen molar-refractivity contribution in [3.05, 3.63) is 101 Å². The fourth-order valence-electron chi connectivity index (χ4n) is 9.34. The van der Waals surface area contributed by atoms with Gasteiger partial charge < -0.3 is 19.6 Å². The summed E-state index contributed by atoms with van der Waals surface area (Å²) in [5, 5.41) is 14.4. The number of quaternary nitrogens is 1. The fraction of sp³-hybridized carbons (Fsp3) is 0.472. The van der Waals surface area contributed by atoms with E-state index >= 15 is 0 Å². The summed E-state index contributed by atoms with van der Waals surface area (Å²) >= 11 is 0. The van der Waals surface area contributed by atoms with Gasteiger partial charge >= 0.3 is 6.18 Å². The number of alkyl halides is 3. The lowest BCUT2D eigenvalue weighted by Gasteiger charge is -2.61. The van der Waals surface area contributed by atoms with E-state index in [1.54, 1.807) is 30.3 Å². The zero-order valence-corrected chi connectivity index (χ0v) is 25.2. The van der Waals surface area contributed by atoms with Crippen LogP contribution in [0.2, 0.25) is 0 Å². The molecule has 7 atom stereocenters. The van der Waals surface area contributed by atoms with Crippen molar-refractivity contribution < 1.29 is 32.3 Å². The van der Waals surface area contributed by atoms with Crippen LogP contribution in [0, 0.1) is 11.3 Å². The number of likely N-dealkylation sites (N-methyl/N-ethyl adjacent to an activating group) is 1. The van der Waals surface area contributed by atoms with Crippen LogP contribution in [0.25, 0.3) is 5.57 Å². The highest BCUT2D eigenvalue weighted by atomic mass is 19.4. The van der Waals surface area contributed by atoms with Crippen molar-refractivity contribution in [1.82, 2.24) is 5.32 Å². The topological polar surface area (TPSA) is 58.6 Å². The van der Waals surface area contributed by atoms with Gasteiger partial charge in [0.25, 0.3) is 5.91 Å². The number of carbonyl (C=O) groups is 1. The molecule has 2 heterocycles. The maximum atomic E-state index is 14.4. The van der Waals surface area contributed by atoms with E-state index < -0.39 is 29.5 Å². The smallest absolute Gasteiger partial charge is 0.365 e. The Labute approximate surface area is 256 Å². The predicted molar refractivity (Wildman–Crippen MR) is 162 cm³/mol. The van der Waals surface area contributed by atoms with Gasteiger partial charge in [-0.15, -0.1) is 0 Å². The third-order valence-electron chi connectivity index (χ3n) is 11.5. The van der Waals surface area contributed by atoms with Crippen LogP contribution in [0.4, 0.5) is 13.2 Å². The van der Waals surface area contributed by atoms with Gasteiger partial charge in [-0.05, 0) is 53.7 Å². The standard InChI is InChI=1S/C36H39F3N2O3/c1-23(25-12-7-4-8-13-25)30(36(37,38)39)33(42)40-35(43)18-16-26-22-28-27-14-9-15-29-34(27,31(26)32(35)44-29)19-21-41(28,2)20-17-24-10-5-3-6-11-24/h3-8,10-13,16,18,27-29,32,43H,9,14-15,17,19-22H2,1-2H3/p+1/t27-,28+,29-,32?,34+,35?,41?/m0/s1. The second-order valence-electron chi connectivity index (χ2n) is 13.7. The Hall–Kier alpha value is -3.20. The summed E-state index contributed by atoms with van der Waals surface area (Å²) in [6.07, 6.45) is 3.01. The minimum absolute atomic E-state index is 0.131. The molecular weight excluding hydrogens is 565 g/mol. The minimum Gasteiger partial charge on any atom is -0.365 e. The van der Waals surface area contributed by atoms with E-state index in [1.165, 1.54) is 18.6 Å². The van der Waals surface area contributed by atoms with Crippen molar-refractivity contribution in [2.75, 3.05) is 20.1 Å². The second-order valence-corrected chi connectivity index (χ2v) is 13.7. The largest absolute Gasteiger partial charge is 0.421 e. The first kappa shape index (κ1) is 29.5. The zero-order chi connectivity index (χ0) is 30.9. The molecule has 2 saturated heterocycles. The van der Waals surface area contributed by atoms with Gasteiger partial charge in [-0.2, -0.15) is 13.2 Å². The van der Waals surface area contributed by atoms with Crippen LogP contribution in [0.3, 0.4) is 0 Å². The van der Waals surface area contributed by atoms with Crippen LogP contribution in [-0.2, 0) is 16.0 Å². The summed E-state index contributed by atoms with van der Waals surface area (Å²) in [4.78, 5) is 13.5. The Kier molecular flexibility index (Phi) is 6.99. The molecule has 3 aliphatic carbocycles. The maximum absolute atomic E-state index is 14.4. The number of amides is 1. The van der Waals surface area contributed by atoms with Gasteiger partial charge in [0, 0.05) is 30.6 Å². The number of hydrogen-bond donors (Lipinski definition) is 2. The van der Waals surface area contributed by atoms with Crippen LogP contribution < -0.4 is 5.32 Å². The molecule has 5 aliphatic rings. The normalized spacial score (nSPS) is 36.0. The molecule has 1 amide bonds. The van der Waals surface area contributed by atoms with Gasteiger partial charge in [-0.1, -0.05) is 73.2 Å². The summed E-state index contributed by atoms with van der Waals surface area (Å²) in [6.45, 7) is 3.30. The van der Waals surface area contributed by atoms with Crippen LogP contribution in [0.5, 0.6) is 0 Å². The number of rotatable bonds is 6. The van der Waals surface area contributed by atoms with Crippen molar-refractivity contribution in [3.8, 4) is 0 Å². The van der Waals surface area contributed by atoms with E-state index in [0.717, 1.165) is 67.2 Å². The fourth-order valence-corrected chi connectivity index (χ4v) is 9.34. The number of ether oxygens (including phenoxy) is 1. The first-order valence-corrected chi connectivity index (χ1v) is 15.8. The van der Waals surface area contributed by atoms with Gasteiger partial charge in [-0.25, -0.2) is 0 Å². The Morgan fingerprint density at radius 1 is 1.09 bits per heavy atom. The Bertz CT molecular complexity index is 1550. The summed E-state index contributed by atoms with van der Waals surface area (Å²) in [7, 11) is 2.38. The zero-order valence-electron chi connectivity index (χ0n) is 25.2. The van der Waals surface area contributed by atoms with E-state index in [2.05, 4.69) is 36.6 Å². The number of hydrogen-bond acceptors (Lipinski definition) is 3. The number of nitrogens with zero attached hydrogens (tertiary/aromatic N) is 1. The lowest BCUT2D eigenvalue weighted by Crippen LogP contribution is -2.69. The number of benzene rings is 2. The molecular formula is C36H40F3N2O3+. The SMILES string of the molecule is CC(=C(C(=O)NC1(O)C=CC2=C3C1O[C@H]1CCC[C@H]4[C@@H](C2)[N+](C)(CCc2ccccc2)CC[C@]314)C(F)(F)F)c1ccccc1. The van der Waals surface area contributed by atoms with Gasteiger partial charge in [0.2, 0.25) is 0 Å². The highest BCUT2D eigenvalue weighted by Gasteiger charge is 2.70. The van der Waals surface area contributed by atoms with Crippen LogP contribution in [0.1, 0.15) is 50.2 Å². The third-order valence-corrected chi connectivity index (χ3v) is 11.5. The molecule has 1 saturated carbocycles. The molecule has 0 radical (unpaired) electrons. The van der Waals surface area contributed by atoms with E-state index in [-0.39, 0.29) is 17.1 Å². The summed E-state index contributed by atoms with van der Waals surface area (Å²) < 4.78 is 50.7. The van der Waals surface area contributed by atoms with E-state index in [1.807, 2.05) is 12.1 Å². The van der Waals surface area contributed by atoms with Crippen LogP contribution in [0.15, 0.2) is 89.5 Å². The van der Waals surface area contributed by atoms with Crippen molar-refractivity contribution >= 4 is 11.5 Å². The van der Waals surface area contributed by atoms with Crippen molar-refractivity contribution in [2.24, 2.45) is 11.3 Å². The molecule has 5 nitrogen and oxygen atoms in total. The number of allylic oxidation sites excluding steroid dienone is 2. The molecule has 3 fully saturated rings. The highest BCUT2D eigenvalue weighted by Crippen LogP contribution is 2.66. The van der Waals surface area contributed by atoms with E-state index in [0.29, 0.717) is 17.5 Å². The minimum atomic E-state index is -4.92. The van der Waals surface area contributed by atoms with Crippen LogP contribution >= 0.6 is 0 Å². The number of nitrogens with one attached hydrogen (secondary N) is 1. The van der Waals surface area contributed by atoms with Crippen molar-refractivity contribution in [2.45, 2.75) is 75.6 Å². The molecule has 2 N–H and O–H groups in total. The molecule has 1 spiro atoms. The Balaban J connectivity index is 1.21. The van der Waals surface area contributed by atoms with Gasteiger partial charge in [0.05, 0.1) is 32.3 Å². The monoisotopic (exact) mass is 605 g/mol. The molecule has 8 heteroatoms. The molecule has 2 aliphatic heterocycles. The Morgan fingerprint density at radius 2 is 1.80 bits per heavy atom. The lowest BCUT2D eigenvalue weighted by atomic mass is 9.50. The highest BCUT2D eigenvalue weighted by molar-refractivity contribution is 6.02. The second kappa shape index (κ2) is 10.4. The molecule has 2 aromatic carbocycles. The maximum Gasteiger partial charge on any atom is 0.421 e. The first-order valence-electron chi connectivity index (χ1n) is 15.8. The first-order chi connectivity index (χ1) is 21.0. The lowest BCUT2D eigenvalue weighted by molar-refractivity contribution is -0.945. The molecule has 7 rings (SSSR count). The predicted octanol–water partition coefficient (Wildman–Crippen LogP) is 6.11. The van der Waals surface area contributed by atoms with Gasteiger partial charge in [-0.3, -0.25) is 4.79 Å². The van der Waals surface area contributed by atoms with E-state index in [9.17, 15) is 23.1 Å². The molecule has 2 bridgehead atoms. The number of piperidine rings is 1. The molecule has 44 heavy (non-hydrogen) atoms. The third kappa shape index (κ3) is 4.52. The number of carbonyl (C=O) groups excluding carboxylic acids is 1. The average molecular weight is 606 g/mol. The number of likely N-dealkylation sites (tertiary alicyclic amines) is 1. The van der Waals surface area contributed by atoms with Crippen molar-refractivity contribution in [3.63, 3.8) is 0 Å². The number of aliphatic hydroxyl groups is 1. The van der Waals surface area contributed by atoms with Crippen molar-refractivity contribution in [1.29, 1.82) is 0 Å². The summed E-state index contributed by atoms with van der Waals surface area (Å²) in [5.74, 6) is -0.998. The van der Waals surface area contributed by atoms with Gasteiger partial charge in [0.15, 0.2) is 5.72 Å². The Morgan fingerprint density at radius 3 is 2.50 bits per heavy atom. The molecule has 2 aromatic rings. The average Bonchev–Trinajstić information content (AvgIpc) is 3.35. The molecule has 3 unspecified atom stereocenters. The summed E-state index contributed by atoms with van der Waals surface area (Å²) in [6, 6.07) is 19.0. The molecule has 0 aromatic heterocycles. The quantitative estimate of drug-likeness (QED) is 0.237. The summed E-state index contributed by atoms with van der Waals surface area (Å²) in [5.41, 5.74) is -0.0980. The number of halogens is 3.